The number of carbonyl (C=O) groups excluding carboxylic acids is 1. The van der Waals surface area contributed by atoms with Gasteiger partial charge in [-0.05, 0) is 19.3 Å². The summed E-state index contributed by atoms with van der Waals surface area (Å²) in [6.45, 7) is 7.83. The van der Waals surface area contributed by atoms with Crippen molar-refractivity contribution in [2.75, 3.05) is 25.5 Å². The summed E-state index contributed by atoms with van der Waals surface area (Å²) < 4.78 is 5.42. The quantitative estimate of drug-likeness (QED) is 0.699. The molecule has 6 nitrogen and oxygen atoms in total. The molecule has 0 aromatic heterocycles. The molecule has 0 saturated carbocycles. The summed E-state index contributed by atoms with van der Waals surface area (Å²) in [4.78, 5) is 24.5. The molecule has 2 amide bonds. The fourth-order valence-corrected chi connectivity index (χ4v) is 3.09. The number of hydrogen-bond acceptors (Lipinski definition) is 4. The Hall–Kier alpha value is -0.950. The van der Waals surface area contributed by atoms with Gasteiger partial charge in [0, 0.05) is 25.5 Å². The van der Waals surface area contributed by atoms with E-state index in [1.54, 1.807) is 0 Å². The van der Waals surface area contributed by atoms with Crippen molar-refractivity contribution in [2.24, 2.45) is 5.92 Å². The van der Waals surface area contributed by atoms with E-state index in [1.807, 2.05) is 6.92 Å². The second-order valence-corrected chi connectivity index (χ2v) is 6.60. The number of rotatable bonds is 7. The highest BCUT2D eigenvalue weighted by Crippen LogP contribution is 2.28. The van der Waals surface area contributed by atoms with Gasteiger partial charge in [-0.25, -0.2) is 9.59 Å². The van der Waals surface area contributed by atoms with Crippen molar-refractivity contribution < 1.29 is 19.4 Å². The normalized spacial score (nSPS) is 22.3. The highest BCUT2D eigenvalue weighted by molar-refractivity contribution is 8.00. The first kappa shape index (κ1) is 17.1. The van der Waals surface area contributed by atoms with Gasteiger partial charge in [-0.2, -0.15) is 0 Å². The molecule has 0 aromatic carbocycles. The van der Waals surface area contributed by atoms with Crippen LogP contribution in [0.15, 0.2) is 0 Å². The molecule has 0 aliphatic carbocycles. The average Bonchev–Trinajstić information content (AvgIpc) is 2.75. The molecule has 0 aromatic rings. The van der Waals surface area contributed by atoms with Crippen molar-refractivity contribution in [1.82, 2.24) is 10.2 Å². The van der Waals surface area contributed by atoms with Crippen molar-refractivity contribution in [2.45, 2.75) is 38.6 Å². The number of nitrogens with zero attached hydrogens (tertiary/aromatic N) is 1. The molecule has 116 valence electrons. The maximum Gasteiger partial charge on any atom is 0.327 e. The molecule has 1 aliphatic rings. The minimum absolute atomic E-state index is 0.103. The van der Waals surface area contributed by atoms with Crippen LogP contribution >= 0.6 is 11.8 Å². The van der Waals surface area contributed by atoms with Crippen LogP contribution in [0.3, 0.4) is 0 Å². The molecule has 0 bridgehead atoms. The maximum absolute atomic E-state index is 12.0. The predicted octanol–water partition coefficient (Wildman–Crippen LogP) is 1.61. The summed E-state index contributed by atoms with van der Waals surface area (Å²) in [7, 11) is 0. The Morgan fingerprint density at radius 3 is 2.80 bits per heavy atom. The fraction of sp³-hybridized carbons (Fsp3) is 0.846. The van der Waals surface area contributed by atoms with E-state index in [0.717, 1.165) is 13.0 Å². The van der Waals surface area contributed by atoms with Crippen molar-refractivity contribution in [3.63, 3.8) is 0 Å². The van der Waals surface area contributed by atoms with Crippen LogP contribution in [0.2, 0.25) is 0 Å². The number of carboxylic acid groups (broad SMARTS) is 1. The van der Waals surface area contributed by atoms with Gasteiger partial charge < -0.3 is 15.2 Å². The number of carbonyl (C=O) groups is 2. The lowest BCUT2D eigenvalue weighted by atomic mass is 10.2. The van der Waals surface area contributed by atoms with E-state index in [4.69, 9.17) is 9.84 Å². The van der Waals surface area contributed by atoms with Crippen molar-refractivity contribution in [3.05, 3.63) is 0 Å². The standard InChI is InChI=1S/C13H24N2O4S/c1-9(2)7-19-6-4-5-14-13(18)15-10(3)20-8-11(15)12(16)17/h9-11H,4-8H2,1-3H3,(H,14,18)(H,16,17). The molecule has 7 heteroatoms. The van der Waals surface area contributed by atoms with E-state index in [2.05, 4.69) is 19.2 Å². The maximum atomic E-state index is 12.0. The predicted molar refractivity (Wildman–Crippen MR) is 78.9 cm³/mol. The van der Waals surface area contributed by atoms with Crippen molar-refractivity contribution in [3.8, 4) is 0 Å². The summed E-state index contributed by atoms with van der Waals surface area (Å²) >= 11 is 1.48. The molecule has 2 N–H and O–H groups in total. The Labute approximate surface area is 124 Å². The highest BCUT2D eigenvalue weighted by Gasteiger charge is 2.39. The number of aliphatic carboxylic acids is 1. The van der Waals surface area contributed by atoms with E-state index in [9.17, 15) is 9.59 Å². The van der Waals surface area contributed by atoms with Gasteiger partial charge in [0.1, 0.15) is 6.04 Å². The summed E-state index contributed by atoms with van der Waals surface area (Å²) in [5.41, 5.74) is 0. The lowest BCUT2D eigenvalue weighted by molar-refractivity contribution is -0.141. The molecule has 1 aliphatic heterocycles. The summed E-state index contributed by atoms with van der Waals surface area (Å²) in [5.74, 6) is 0.00202. The molecule has 20 heavy (non-hydrogen) atoms. The number of thioether (sulfide) groups is 1. The van der Waals surface area contributed by atoms with Gasteiger partial charge >= 0.3 is 12.0 Å². The largest absolute Gasteiger partial charge is 0.480 e. The van der Waals surface area contributed by atoms with E-state index < -0.39 is 12.0 Å². The van der Waals surface area contributed by atoms with Crippen molar-refractivity contribution in [1.29, 1.82) is 0 Å². The lowest BCUT2D eigenvalue weighted by Gasteiger charge is -2.25. The van der Waals surface area contributed by atoms with E-state index >= 15 is 0 Å². The summed E-state index contributed by atoms with van der Waals surface area (Å²) in [6, 6.07) is -1.04. The summed E-state index contributed by atoms with van der Waals surface area (Å²) in [6.07, 6.45) is 0.728. The third kappa shape index (κ3) is 5.20. The number of nitrogens with one attached hydrogen (secondary N) is 1. The van der Waals surface area contributed by atoms with Crippen LogP contribution in [-0.2, 0) is 9.53 Å². The van der Waals surface area contributed by atoms with Gasteiger partial charge in [-0.1, -0.05) is 13.8 Å². The minimum atomic E-state index is -0.947. The average molecular weight is 304 g/mol. The molecular formula is C13H24N2O4S. The van der Waals surface area contributed by atoms with Crippen LogP contribution < -0.4 is 5.32 Å². The first-order valence-electron chi connectivity index (χ1n) is 6.91. The Morgan fingerprint density at radius 2 is 2.20 bits per heavy atom. The van der Waals surface area contributed by atoms with Gasteiger partial charge in [0.2, 0.25) is 0 Å². The molecule has 1 rings (SSSR count). The number of urea groups is 1. The molecule has 1 saturated heterocycles. The van der Waals surface area contributed by atoms with Crippen LogP contribution in [0, 0.1) is 5.92 Å². The third-order valence-electron chi connectivity index (χ3n) is 2.94. The van der Waals surface area contributed by atoms with E-state index in [0.29, 0.717) is 24.8 Å². The second-order valence-electron chi connectivity index (χ2n) is 5.25. The second kappa shape index (κ2) is 8.36. The topological polar surface area (TPSA) is 78.9 Å². The number of ether oxygens (including phenoxy) is 1. The molecular weight excluding hydrogens is 280 g/mol. The molecule has 0 spiro atoms. The first-order valence-corrected chi connectivity index (χ1v) is 7.96. The molecule has 1 fully saturated rings. The zero-order valence-electron chi connectivity index (χ0n) is 12.3. The van der Waals surface area contributed by atoms with Gasteiger partial charge in [0.05, 0.1) is 5.37 Å². The van der Waals surface area contributed by atoms with E-state index in [1.165, 1.54) is 16.7 Å². The van der Waals surface area contributed by atoms with Gasteiger partial charge in [0.15, 0.2) is 0 Å². The lowest BCUT2D eigenvalue weighted by Crippen LogP contribution is -2.49. The van der Waals surface area contributed by atoms with Gasteiger partial charge in [-0.15, -0.1) is 11.8 Å². The van der Waals surface area contributed by atoms with Crippen LogP contribution in [-0.4, -0.2) is 58.9 Å². The fourth-order valence-electron chi connectivity index (χ4n) is 1.92. The monoisotopic (exact) mass is 304 g/mol. The Morgan fingerprint density at radius 1 is 1.50 bits per heavy atom. The minimum Gasteiger partial charge on any atom is -0.480 e. The van der Waals surface area contributed by atoms with Crippen LogP contribution in [0.1, 0.15) is 27.2 Å². The van der Waals surface area contributed by atoms with Gasteiger partial charge in [0.25, 0.3) is 0 Å². The zero-order chi connectivity index (χ0) is 15.1. The van der Waals surface area contributed by atoms with Crippen LogP contribution in [0.4, 0.5) is 4.79 Å². The van der Waals surface area contributed by atoms with Gasteiger partial charge in [-0.3, -0.25) is 4.90 Å². The molecule has 0 radical (unpaired) electrons. The number of hydrogen-bond donors (Lipinski definition) is 2. The SMILES string of the molecule is CC(C)COCCCNC(=O)N1C(C)SCC1C(=O)O. The van der Waals surface area contributed by atoms with Crippen LogP contribution in [0.5, 0.6) is 0 Å². The number of amides is 2. The highest BCUT2D eigenvalue weighted by atomic mass is 32.2. The number of carboxylic acids is 1. The Kier molecular flexibility index (Phi) is 7.15. The van der Waals surface area contributed by atoms with Crippen LogP contribution in [0.25, 0.3) is 0 Å². The molecule has 2 atom stereocenters. The Bertz CT molecular complexity index is 338. The molecule has 1 heterocycles. The first-order chi connectivity index (χ1) is 9.43. The van der Waals surface area contributed by atoms with E-state index in [-0.39, 0.29) is 11.4 Å². The third-order valence-corrected chi connectivity index (χ3v) is 4.15. The van der Waals surface area contributed by atoms with Crippen molar-refractivity contribution >= 4 is 23.8 Å². The zero-order valence-corrected chi connectivity index (χ0v) is 13.1. The smallest absolute Gasteiger partial charge is 0.327 e. The Balaban J connectivity index is 2.26. The summed E-state index contributed by atoms with van der Waals surface area (Å²) in [5, 5.41) is 11.7. The molecule has 2 unspecified atom stereocenters.